The molecule has 0 radical (unpaired) electrons. The van der Waals surface area contributed by atoms with Gasteiger partial charge in [0.15, 0.2) is 0 Å². The molecule has 0 aliphatic carbocycles. The smallest absolute Gasteiger partial charge is 0.311 e. The molecule has 108 valence electrons. The molecule has 21 heavy (non-hydrogen) atoms. The van der Waals surface area contributed by atoms with Gasteiger partial charge in [-0.25, -0.2) is 0 Å². The van der Waals surface area contributed by atoms with Gasteiger partial charge in [0, 0.05) is 16.2 Å². The van der Waals surface area contributed by atoms with Crippen molar-refractivity contribution in [2.75, 3.05) is 5.32 Å². The quantitative estimate of drug-likeness (QED) is 0.652. The van der Waals surface area contributed by atoms with E-state index in [0.29, 0.717) is 5.69 Å². The van der Waals surface area contributed by atoms with E-state index in [1.165, 1.54) is 12.1 Å². The average Bonchev–Trinajstić information content (AvgIpc) is 2.37. The molecule has 0 fully saturated rings. The van der Waals surface area contributed by atoms with Crippen LogP contribution in [0.1, 0.15) is 15.9 Å². The summed E-state index contributed by atoms with van der Waals surface area (Å²) in [7, 11) is 0. The fourth-order valence-electron chi connectivity index (χ4n) is 1.87. The number of nitrogens with zero attached hydrogens (tertiary/aromatic N) is 1. The van der Waals surface area contributed by atoms with Gasteiger partial charge in [0.1, 0.15) is 0 Å². The molecule has 0 saturated carbocycles. The van der Waals surface area contributed by atoms with Crippen LogP contribution < -0.4 is 5.32 Å². The lowest BCUT2D eigenvalue weighted by molar-refractivity contribution is -0.385. The third kappa shape index (κ3) is 3.38. The largest absolute Gasteiger partial charge is 0.502 e. The van der Waals surface area contributed by atoms with Gasteiger partial charge in [0.25, 0.3) is 5.91 Å². The number of carbonyl (C=O) groups is 1. The Kier molecular flexibility index (Phi) is 4.23. The van der Waals surface area contributed by atoms with Gasteiger partial charge in [0.2, 0.25) is 5.75 Å². The normalized spacial score (nSPS) is 10.2. The van der Waals surface area contributed by atoms with Crippen LogP contribution in [0, 0.1) is 17.0 Å². The maximum atomic E-state index is 12.1. The summed E-state index contributed by atoms with van der Waals surface area (Å²) in [6, 6.07) is 9.12. The topological polar surface area (TPSA) is 92.5 Å². The second-order valence-corrected chi connectivity index (χ2v) is 5.32. The van der Waals surface area contributed by atoms with E-state index in [1.807, 2.05) is 13.0 Å². The van der Waals surface area contributed by atoms with Gasteiger partial charge in [-0.3, -0.25) is 14.9 Å². The highest BCUT2D eigenvalue weighted by Gasteiger charge is 2.21. The van der Waals surface area contributed by atoms with E-state index < -0.39 is 22.3 Å². The molecule has 0 aliphatic heterocycles. The second kappa shape index (κ2) is 5.92. The molecule has 0 aromatic heterocycles. The monoisotopic (exact) mass is 350 g/mol. The summed E-state index contributed by atoms with van der Waals surface area (Å²) in [5.74, 6) is -1.26. The Morgan fingerprint density at radius 3 is 2.67 bits per heavy atom. The number of nitro benzene ring substituents is 1. The summed E-state index contributed by atoms with van der Waals surface area (Å²) in [5, 5.41) is 23.2. The molecule has 6 nitrogen and oxygen atoms in total. The summed E-state index contributed by atoms with van der Waals surface area (Å²) in [6.45, 7) is 1.87. The Labute approximate surface area is 128 Å². The molecule has 0 unspecified atom stereocenters. The van der Waals surface area contributed by atoms with Crippen molar-refractivity contribution in [3.63, 3.8) is 0 Å². The average molecular weight is 351 g/mol. The van der Waals surface area contributed by atoms with Crippen molar-refractivity contribution in [3.05, 3.63) is 62.1 Å². The molecule has 7 heteroatoms. The maximum Gasteiger partial charge on any atom is 0.311 e. The van der Waals surface area contributed by atoms with E-state index in [4.69, 9.17) is 0 Å². The molecule has 0 spiro atoms. The minimum Gasteiger partial charge on any atom is -0.502 e. The lowest BCUT2D eigenvalue weighted by atomic mass is 10.1. The van der Waals surface area contributed by atoms with Crippen LogP contribution in [0.25, 0.3) is 0 Å². The highest BCUT2D eigenvalue weighted by atomic mass is 79.9. The number of hydrogen-bond acceptors (Lipinski definition) is 4. The summed E-state index contributed by atoms with van der Waals surface area (Å²) in [5.41, 5.74) is 0.802. The number of rotatable bonds is 3. The van der Waals surface area contributed by atoms with Crippen LogP contribution in [-0.4, -0.2) is 15.9 Å². The number of carbonyl (C=O) groups excluding carboxylic acids is 1. The van der Waals surface area contributed by atoms with Crippen molar-refractivity contribution in [2.24, 2.45) is 0 Å². The minimum absolute atomic E-state index is 0.151. The molecule has 0 bridgehead atoms. The highest BCUT2D eigenvalue weighted by molar-refractivity contribution is 9.10. The first-order chi connectivity index (χ1) is 9.88. The lowest BCUT2D eigenvalue weighted by Crippen LogP contribution is -2.12. The zero-order valence-corrected chi connectivity index (χ0v) is 12.5. The second-order valence-electron chi connectivity index (χ2n) is 4.40. The molecule has 1 amide bonds. The third-order valence-electron chi connectivity index (χ3n) is 2.76. The Hall–Kier alpha value is -2.41. The molecular weight excluding hydrogens is 340 g/mol. The predicted octanol–water partition coefficient (Wildman–Crippen LogP) is 3.62. The Morgan fingerprint density at radius 2 is 2.05 bits per heavy atom. The standard InChI is InChI=1S/C14H11BrN2O4/c1-8-5-9(15)7-10(6-8)16-14(19)11-3-2-4-12(13(11)18)17(20)21/h2-7,18H,1H3,(H,16,19). The van der Waals surface area contributed by atoms with Crippen LogP contribution in [0.2, 0.25) is 0 Å². The van der Waals surface area contributed by atoms with E-state index >= 15 is 0 Å². The highest BCUT2D eigenvalue weighted by Crippen LogP contribution is 2.30. The molecule has 0 atom stereocenters. The number of nitro groups is 1. The van der Waals surface area contributed by atoms with Crippen molar-refractivity contribution in [1.29, 1.82) is 0 Å². The molecule has 2 rings (SSSR count). The fourth-order valence-corrected chi connectivity index (χ4v) is 2.48. The maximum absolute atomic E-state index is 12.1. The number of amides is 1. The zero-order chi connectivity index (χ0) is 15.6. The van der Waals surface area contributed by atoms with Gasteiger partial charge in [0.05, 0.1) is 10.5 Å². The summed E-state index contributed by atoms with van der Waals surface area (Å²) < 4.78 is 0.793. The molecule has 2 aromatic carbocycles. The van der Waals surface area contributed by atoms with E-state index in [-0.39, 0.29) is 5.56 Å². The van der Waals surface area contributed by atoms with Gasteiger partial charge in [-0.2, -0.15) is 0 Å². The summed E-state index contributed by atoms with van der Waals surface area (Å²) >= 11 is 3.31. The SMILES string of the molecule is Cc1cc(Br)cc(NC(=O)c2cccc([N+](=O)[O-])c2O)c1. The number of nitrogens with one attached hydrogen (secondary N) is 1. The van der Waals surface area contributed by atoms with Gasteiger partial charge in [-0.15, -0.1) is 0 Å². The van der Waals surface area contributed by atoms with Gasteiger partial charge in [-0.1, -0.05) is 22.0 Å². The number of halogens is 1. The van der Waals surface area contributed by atoms with Crippen molar-refractivity contribution < 1.29 is 14.8 Å². The predicted molar refractivity (Wildman–Crippen MR) is 81.6 cm³/mol. The summed E-state index contributed by atoms with van der Waals surface area (Å²) in [4.78, 5) is 22.1. The van der Waals surface area contributed by atoms with Crippen LogP contribution in [-0.2, 0) is 0 Å². The van der Waals surface area contributed by atoms with Crippen LogP contribution in [0.5, 0.6) is 5.75 Å². The number of anilines is 1. The number of aromatic hydroxyl groups is 1. The number of para-hydroxylation sites is 1. The van der Waals surface area contributed by atoms with Crippen molar-refractivity contribution in [2.45, 2.75) is 6.92 Å². The lowest BCUT2D eigenvalue weighted by Gasteiger charge is -2.08. The van der Waals surface area contributed by atoms with Gasteiger partial charge in [-0.05, 0) is 36.8 Å². The minimum atomic E-state index is -0.741. The third-order valence-corrected chi connectivity index (χ3v) is 3.21. The van der Waals surface area contributed by atoms with E-state index in [2.05, 4.69) is 21.2 Å². The van der Waals surface area contributed by atoms with Crippen LogP contribution in [0.15, 0.2) is 40.9 Å². The summed E-state index contributed by atoms with van der Waals surface area (Å²) in [6.07, 6.45) is 0. The molecule has 2 N–H and O–H groups in total. The zero-order valence-electron chi connectivity index (χ0n) is 11.0. The Bertz CT molecular complexity index is 711. The molecular formula is C14H11BrN2O4. The first-order valence-corrected chi connectivity index (χ1v) is 6.72. The first kappa shape index (κ1) is 15.0. The van der Waals surface area contributed by atoms with Crippen LogP contribution >= 0.6 is 15.9 Å². The van der Waals surface area contributed by atoms with E-state index in [9.17, 15) is 20.0 Å². The number of phenols is 1. The number of aryl methyl sites for hydroxylation is 1. The number of benzene rings is 2. The van der Waals surface area contributed by atoms with Crippen molar-refractivity contribution in [1.82, 2.24) is 0 Å². The Morgan fingerprint density at radius 1 is 1.33 bits per heavy atom. The fraction of sp³-hybridized carbons (Fsp3) is 0.0714. The molecule has 0 saturated heterocycles. The van der Waals surface area contributed by atoms with Crippen molar-refractivity contribution >= 4 is 33.2 Å². The van der Waals surface area contributed by atoms with Gasteiger partial charge < -0.3 is 10.4 Å². The van der Waals surface area contributed by atoms with Crippen LogP contribution in [0.3, 0.4) is 0 Å². The van der Waals surface area contributed by atoms with E-state index in [0.717, 1.165) is 16.1 Å². The van der Waals surface area contributed by atoms with Gasteiger partial charge >= 0.3 is 5.69 Å². The molecule has 0 heterocycles. The number of phenolic OH excluding ortho intramolecular Hbond substituents is 1. The molecule has 2 aromatic rings. The van der Waals surface area contributed by atoms with E-state index in [1.54, 1.807) is 12.1 Å². The first-order valence-electron chi connectivity index (χ1n) is 5.93. The van der Waals surface area contributed by atoms with Crippen molar-refractivity contribution in [3.8, 4) is 5.75 Å². The number of hydrogen-bond donors (Lipinski definition) is 2. The molecule has 0 aliphatic rings. The van der Waals surface area contributed by atoms with Crippen LogP contribution in [0.4, 0.5) is 11.4 Å². The Balaban J connectivity index is 2.33.